The van der Waals surface area contributed by atoms with Crippen LogP contribution in [0.25, 0.3) is 11.2 Å². The van der Waals surface area contributed by atoms with Crippen LogP contribution in [0.4, 0.5) is 0 Å². The molecule has 172 valence electrons. The minimum absolute atomic E-state index is 0.188. The van der Waals surface area contributed by atoms with E-state index in [1.54, 1.807) is 16.7 Å². The van der Waals surface area contributed by atoms with Crippen molar-refractivity contribution in [3.8, 4) is 0 Å². The van der Waals surface area contributed by atoms with Crippen LogP contribution in [0.1, 0.15) is 38.2 Å². The fraction of sp³-hybridized carbons (Fsp3) is 0.500. The normalized spacial score (nSPS) is 16.7. The molecule has 3 aromatic rings. The van der Waals surface area contributed by atoms with Crippen molar-refractivity contribution in [3.05, 3.63) is 60.4 Å². The molecule has 0 radical (unpaired) electrons. The second kappa shape index (κ2) is 10.3. The maximum Gasteiger partial charge on any atom is 0.332 e. The second-order valence-electron chi connectivity index (χ2n) is 7.77. The number of fused-ring (bicyclic) bond motifs is 1. The molecule has 1 aromatic carbocycles. The summed E-state index contributed by atoms with van der Waals surface area (Å²) in [4.78, 5) is 30.9. The van der Waals surface area contributed by atoms with Gasteiger partial charge in [0.05, 0.1) is 13.2 Å². The summed E-state index contributed by atoms with van der Waals surface area (Å²) >= 11 is 9.46. The molecule has 0 spiro atoms. The molecule has 1 unspecified atom stereocenters. The van der Waals surface area contributed by atoms with Gasteiger partial charge in [-0.3, -0.25) is 13.9 Å². The highest BCUT2D eigenvalue weighted by atomic mass is 79.9. The zero-order chi connectivity index (χ0) is 22.7. The number of nitrogens with zero attached hydrogens (tertiary/aromatic N) is 4. The number of ether oxygens (including phenoxy) is 2. The van der Waals surface area contributed by atoms with E-state index in [0.29, 0.717) is 53.6 Å². The van der Waals surface area contributed by atoms with Crippen molar-refractivity contribution < 1.29 is 9.47 Å². The maximum atomic E-state index is 13.4. The van der Waals surface area contributed by atoms with Crippen molar-refractivity contribution in [2.24, 2.45) is 0 Å². The van der Waals surface area contributed by atoms with Crippen LogP contribution in [-0.4, -0.2) is 38.2 Å². The molecule has 32 heavy (non-hydrogen) atoms. The monoisotopic (exact) mass is 524 g/mol. The first-order valence-electron chi connectivity index (χ1n) is 10.9. The predicted octanol–water partition coefficient (Wildman–Crippen LogP) is 3.78. The predicted molar refractivity (Wildman–Crippen MR) is 126 cm³/mol. The smallest absolute Gasteiger partial charge is 0.332 e. The standard InChI is InChI=1S/C22H26BrClN4O4/c1-2-26-19-18(28(21(23)25-19)14-15-7-9-16(24)10-8-15)20(29)27(22(26)30)11-5-13-32-17-6-3-4-12-31-17/h7-10,17H,2-6,11-14H2,1H3. The number of hydrogen-bond acceptors (Lipinski definition) is 5. The van der Waals surface area contributed by atoms with E-state index >= 15 is 0 Å². The van der Waals surface area contributed by atoms with Gasteiger partial charge in [0, 0.05) is 24.7 Å². The quantitative estimate of drug-likeness (QED) is 0.330. The SMILES string of the molecule is CCn1c(=O)n(CCCOC2CCCCO2)c(=O)c2c1nc(Br)n2Cc1ccc(Cl)cc1. The van der Waals surface area contributed by atoms with Crippen LogP contribution in [0.2, 0.25) is 5.02 Å². The van der Waals surface area contributed by atoms with Crippen LogP contribution in [0, 0.1) is 0 Å². The minimum Gasteiger partial charge on any atom is -0.353 e. The topological polar surface area (TPSA) is 80.3 Å². The zero-order valence-electron chi connectivity index (χ0n) is 17.9. The van der Waals surface area contributed by atoms with Gasteiger partial charge in [-0.2, -0.15) is 0 Å². The van der Waals surface area contributed by atoms with Crippen molar-refractivity contribution in [1.29, 1.82) is 0 Å². The van der Waals surface area contributed by atoms with Crippen LogP contribution in [0.15, 0.2) is 38.6 Å². The highest BCUT2D eigenvalue weighted by Crippen LogP contribution is 2.20. The van der Waals surface area contributed by atoms with Gasteiger partial charge in [-0.05, 0) is 66.2 Å². The molecule has 2 aromatic heterocycles. The van der Waals surface area contributed by atoms with Gasteiger partial charge in [0.1, 0.15) is 0 Å². The molecule has 1 fully saturated rings. The summed E-state index contributed by atoms with van der Waals surface area (Å²) in [6.45, 7) is 4.11. The summed E-state index contributed by atoms with van der Waals surface area (Å²) in [5, 5.41) is 0.645. The highest BCUT2D eigenvalue weighted by Gasteiger charge is 2.20. The van der Waals surface area contributed by atoms with Gasteiger partial charge in [-0.15, -0.1) is 0 Å². The molecular formula is C22H26BrClN4O4. The van der Waals surface area contributed by atoms with Crippen molar-refractivity contribution in [3.63, 3.8) is 0 Å². The lowest BCUT2D eigenvalue weighted by Crippen LogP contribution is -2.40. The Morgan fingerprint density at radius 3 is 2.66 bits per heavy atom. The van der Waals surface area contributed by atoms with Crippen LogP contribution >= 0.6 is 27.5 Å². The van der Waals surface area contributed by atoms with E-state index in [0.717, 1.165) is 24.8 Å². The van der Waals surface area contributed by atoms with E-state index in [1.807, 2.05) is 19.1 Å². The van der Waals surface area contributed by atoms with Gasteiger partial charge in [-0.1, -0.05) is 23.7 Å². The minimum atomic E-state index is -0.359. The third-order valence-corrected chi connectivity index (χ3v) is 6.46. The first-order chi connectivity index (χ1) is 15.5. The van der Waals surface area contributed by atoms with Crippen molar-refractivity contribution >= 4 is 38.7 Å². The summed E-state index contributed by atoms with van der Waals surface area (Å²) in [6, 6.07) is 7.42. The average Bonchev–Trinajstić information content (AvgIpc) is 3.11. The number of rotatable bonds is 8. The molecule has 10 heteroatoms. The highest BCUT2D eigenvalue weighted by molar-refractivity contribution is 9.10. The Balaban J connectivity index is 1.63. The third kappa shape index (κ3) is 4.85. The lowest BCUT2D eigenvalue weighted by atomic mass is 10.2. The van der Waals surface area contributed by atoms with Crippen LogP contribution in [0.3, 0.4) is 0 Å². The van der Waals surface area contributed by atoms with E-state index < -0.39 is 0 Å². The Morgan fingerprint density at radius 1 is 1.19 bits per heavy atom. The number of halogens is 2. The molecule has 0 saturated carbocycles. The van der Waals surface area contributed by atoms with E-state index in [1.165, 1.54) is 9.13 Å². The molecule has 1 saturated heterocycles. The molecule has 0 amide bonds. The van der Waals surface area contributed by atoms with Gasteiger partial charge < -0.3 is 14.0 Å². The number of aromatic nitrogens is 4. The number of aryl methyl sites for hydroxylation is 1. The average molecular weight is 526 g/mol. The molecule has 1 atom stereocenters. The Morgan fingerprint density at radius 2 is 1.97 bits per heavy atom. The Bertz CT molecular complexity index is 1200. The van der Waals surface area contributed by atoms with Gasteiger partial charge in [-0.25, -0.2) is 9.78 Å². The molecule has 3 heterocycles. The fourth-order valence-electron chi connectivity index (χ4n) is 3.94. The van der Waals surface area contributed by atoms with Gasteiger partial charge in [0.2, 0.25) is 0 Å². The first kappa shape index (κ1) is 23.2. The van der Waals surface area contributed by atoms with E-state index in [2.05, 4.69) is 20.9 Å². The molecule has 1 aliphatic rings. The van der Waals surface area contributed by atoms with Crippen molar-refractivity contribution in [2.45, 2.75) is 58.5 Å². The summed E-state index contributed by atoms with van der Waals surface area (Å²) < 4.78 is 16.4. The molecule has 4 rings (SSSR count). The Hall–Kier alpha value is -1.94. The molecule has 8 nitrogen and oxygen atoms in total. The fourth-order valence-corrected chi connectivity index (χ4v) is 4.54. The van der Waals surface area contributed by atoms with Crippen molar-refractivity contribution in [1.82, 2.24) is 18.7 Å². The maximum absolute atomic E-state index is 13.4. The van der Waals surface area contributed by atoms with E-state index in [9.17, 15) is 9.59 Å². The third-order valence-electron chi connectivity index (χ3n) is 5.61. The largest absolute Gasteiger partial charge is 0.353 e. The molecule has 0 aliphatic carbocycles. The summed E-state index contributed by atoms with van der Waals surface area (Å²) in [5.74, 6) is 0. The Labute approximate surface area is 198 Å². The molecular weight excluding hydrogens is 500 g/mol. The lowest BCUT2D eigenvalue weighted by molar-refractivity contribution is -0.163. The molecule has 0 bridgehead atoms. The first-order valence-corrected chi connectivity index (χ1v) is 12.0. The summed E-state index contributed by atoms with van der Waals surface area (Å²) in [5.41, 5.74) is 1.03. The van der Waals surface area contributed by atoms with E-state index in [4.69, 9.17) is 21.1 Å². The van der Waals surface area contributed by atoms with E-state index in [-0.39, 0.29) is 24.1 Å². The van der Waals surface area contributed by atoms with Gasteiger partial charge >= 0.3 is 5.69 Å². The lowest BCUT2D eigenvalue weighted by Gasteiger charge is -2.22. The zero-order valence-corrected chi connectivity index (χ0v) is 20.3. The van der Waals surface area contributed by atoms with Crippen LogP contribution < -0.4 is 11.2 Å². The molecule has 1 aliphatic heterocycles. The van der Waals surface area contributed by atoms with Crippen LogP contribution in [-0.2, 0) is 29.1 Å². The number of imidazole rings is 1. The van der Waals surface area contributed by atoms with Gasteiger partial charge in [0.15, 0.2) is 22.2 Å². The summed E-state index contributed by atoms with van der Waals surface area (Å²) in [6.07, 6.45) is 3.38. The van der Waals surface area contributed by atoms with Gasteiger partial charge in [0.25, 0.3) is 5.56 Å². The van der Waals surface area contributed by atoms with Crippen LogP contribution in [0.5, 0.6) is 0 Å². The number of benzene rings is 1. The molecule has 0 N–H and O–H groups in total. The summed E-state index contributed by atoms with van der Waals surface area (Å²) in [7, 11) is 0. The second-order valence-corrected chi connectivity index (χ2v) is 8.92. The van der Waals surface area contributed by atoms with Crippen molar-refractivity contribution in [2.75, 3.05) is 13.2 Å². The Kier molecular flexibility index (Phi) is 7.50. The number of hydrogen-bond donors (Lipinski definition) is 0.